The molecule has 0 atom stereocenters. The summed E-state index contributed by atoms with van der Waals surface area (Å²) in [6, 6.07) is 7.22. The first-order valence-corrected chi connectivity index (χ1v) is 6.81. The molecule has 2 N–H and O–H groups in total. The molecule has 3 rings (SSSR count). The second-order valence-corrected chi connectivity index (χ2v) is 5.15. The van der Waals surface area contributed by atoms with Crippen molar-refractivity contribution in [2.75, 3.05) is 19.6 Å². The number of hydrogen-bond donors (Lipinski definition) is 2. The molecule has 120 valence electrons. The van der Waals surface area contributed by atoms with Crippen LogP contribution in [-0.2, 0) is 0 Å². The van der Waals surface area contributed by atoms with Crippen molar-refractivity contribution in [3.8, 4) is 11.3 Å². The molecule has 1 aromatic carbocycles. The highest BCUT2D eigenvalue weighted by Gasteiger charge is 2.22. The molecule has 5 nitrogen and oxygen atoms in total. The van der Waals surface area contributed by atoms with E-state index >= 15 is 0 Å². The summed E-state index contributed by atoms with van der Waals surface area (Å²) in [5, 5.41) is 6.56. The second kappa shape index (κ2) is 8.39. The zero-order valence-corrected chi connectivity index (χ0v) is 13.9. The lowest BCUT2D eigenvalue weighted by molar-refractivity contribution is 0.0938. The van der Waals surface area contributed by atoms with Gasteiger partial charge in [0.25, 0.3) is 5.91 Å². The molecule has 1 amide bonds. The Morgan fingerprint density at radius 3 is 2.73 bits per heavy atom. The monoisotopic (exact) mass is 363 g/mol. The summed E-state index contributed by atoms with van der Waals surface area (Å²) in [5.41, 5.74) is 0.938. The van der Waals surface area contributed by atoms with Gasteiger partial charge in [0, 0.05) is 31.1 Å². The molecule has 2 aromatic rings. The quantitative estimate of drug-likeness (QED) is 0.875. The first-order chi connectivity index (χ1) is 9.75. The lowest BCUT2D eigenvalue weighted by atomic mass is 10.0. The number of benzene rings is 1. The third kappa shape index (κ3) is 3.93. The van der Waals surface area contributed by atoms with Crippen LogP contribution in [-0.4, -0.2) is 30.5 Å². The van der Waals surface area contributed by atoms with E-state index in [1.807, 2.05) is 12.1 Å². The highest BCUT2D eigenvalue weighted by Crippen LogP contribution is 2.29. The maximum Gasteiger partial charge on any atom is 0.273 e. The van der Waals surface area contributed by atoms with Crippen LogP contribution in [0.5, 0.6) is 0 Å². The van der Waals surface area contributed by atoms with Crippen LogP contribution in [0.25, 0.3) is 11.3 Å². The molecular weight excluding hydrogens is 349 g/mol. The maximum absolute atomic E-state index is 12.2. The van der Waals surface area contributed by atoms with Gasteiger partial charge in [-0.15, -0.1) is 24.8 Å². The van der Waals surface area contributed by atoms with Gasteiger partial charge in [-0.1, -0.05) is 23.7 Å². The van der Waals surface area contributed by atoms with Crippen molar-refractivity contribution in [3.63, 3.8) is 0 Å². The number of carbonyl (C=O) groups is 1. The first-order valence-electron chi connectivity index (χ1n) is 6.43. The van der Waals surface area contributed by atoms with Crippen molar-refractivity contribution >= 4 is 42.3 Å². The van der Waals surface area contributed by atoms with Crippen LogP contribution in [0.1, 0.15) is 10.5 Å². The van der Waals surface area contributed by atoms with Crippen molar-refractivity contribution < 1.29 is 9.21 Å². The number of oxazole rings is 1. The van der Waals surface area contributed by atoms with E-state index in [1.165, 1.54) is 6.39 Å². The number of amides is 1. The van der Waals surface area contributed by atoms with Gasteiger partial charge in [0.2, 0.25) is 0 Å². The van der Waals surface area contributed by atoms with Gasteiger partial charge in [-0.25, -0.2) is 4.98 Å². The molecule has 0 radical (unpaired) electrons. The number of nitrogens with one attached hydrogen (secondary N) is 2. The van der Waals surface area contributed by atoms with E-state index in [0.29, 0.717) is 28.8 Å². The fourth-order valence-corrected chi connectivity index (χ4v) is 2.28. The summed E-state index contributed by atoms with van der Waals surface area (Å²) < 4.78 is 5.33. The zero-order valence-electron chi connectivity index (χ0n) is 11.5. The summed E-state index contributed by atoms with van der Waals surface area (Å²) >= 11 is 6.12. The molecule has 22 heavy (non-hydrogen) atoms. The summed E-state index contributed by atoms with van der Waals surface area (Å²) in [6.07, 6.45) is 1.26. The van der Waals surface area contributed by atoms with Crippen LogP contribution in [0.3, 0.4) is 0 Å². The molecule has 0 unspecified atom stereocenters. The number of carbonyl (C=O) groups excluding carboxylic acids is 1. The Hall–Kier alpha value is -1.27. The average molecular weight is 365 g/mol. The molecule has 1 saturated heterocycles. The highest BCUT2D eigenvalue weighted by atomic mass is 35.5. The van der Waals surface area contributed by atoms with Gasteiger partial charge in [-0.3, -0.25) is 4.79 Å². The Morgan fingerprint density at radius 1 is 1.36 bits per heavy atom. The fourth-order valence-electron chi connectivity index (χ4n) is 2.06. The van der Waals surface area contributed by atoms with Crippen LogP contribution in [0.2, 0.25) is 5.02 Å². The van der Waals surface area contributed by atoms with Crippen LogP contribution < -0.4 is 10.6 Å². The second-order valence-electron chi connectivity index (χ2n) is 4.74. The van der Waals surface area contributed by atoms with Crippen molar-refractivity contribution in [2.45, 2.75) is 0 Å². The molecule has 1 fully saturated rings. The Balaban J connectivity index is 0.00000121. The number of nitrogens with zero attached hydrogens (tertiary/aromatic N) is 1. The Bertz CT molecular complexity index is 629. The summed E-state index contributed by atoms with van der Waals surface area (Å²) in [5.74, 6) is 0.662. The van der Waals surface area contributed by atoms with E-state index < -0.39 is 0 Å². The molecule has 0 aliphatic carbocycles. The van der Waals surface area contributed by atoms with Crippen molar-refractivity contribution in [1.82, 2.24) is 15.6 Å². The minimum Gasteiger partial charge on any atom is -0.443 e. The van der Waals surface area contributed by atoms with E-state index in [-0.39, 0.29) is 36.4 Å². The standard InChI is InChI=1S/C14H14ClN3O2.2ClH/c15-11-4-2-1-3-10(11)13-12(18-8-20-13)14(19)17-7-9-5-16-6-9;;/h1-4,8-9,16H,5-7H2,(H,17,19);2*1H. The predicted octanol–water partition coefficient (Wildman–Crippen LogP) is 2.79. The first kappa shape index (κ1) is 18.8. The SMILES string of the molecule is Cl.Cl.O=C(NCC1CNC1)c1ncoc1-c1ccccc1Cl. The molecule has 0 saturated carbocycles. The Morgan fingerprint density at radius 2 is 2.09 bits per heavy atom. The summed E-state index contributed by atoms with van der Waals surface area (Å²) in [6.45, 7) is 2.52. The lowest BCUT2D eigenvalue weighted by Gasteiger charge is -2.26. The fraction of sp³-hybridized carbons (Fsp3) is 0.286. The number of rotatable bonds is 4. The maximum atomic E-state index is 12.2. The molecule has 0 bridgehead atoms. The van der Waals surface area contributed by atoms with E-state index in [1.54, 1.807) is 12.1 Å². The van der Waals surface area contributed by atoms with Gasteiger partial charge < -0.3 is 15.1 Å². The molecule has 0 spiro atoms. The van der Waals surface area contributed by atoms with Gasteiger partial charge >= 0.3 is 0 Å². The Kier molecular flexibility index (Phi) is 7.16. The van der Waals surface area contributed by atoms with Crippen LogP contribution >= 0.6 is 36.4 Å². The molecular formula is C14H16Cl3N3O2. The Labute approximate surface area is 145 Å². The number of hydrogen-bond acceptors (Lipinski definition) is 4. The van der Waals surface area contributed by atoms with Gasteiger partial charge in [-0.2, -0.15) is 0 Å². The van der Waals surface area contributed by atoms with Gasteiger partial charge in [0.1, 0.15) is 0 Å². The molecule has 1 aliphatic heterocycles. The van der Waals surface area contributed by atoms with Crippen LogP contribution in [0.4, 0.5) is 0 Å². The van der Waals surface area contributed by atoms with E-state index in [0.717, 1.165) is 13.1 Å². The lowest BCUT2D eigenvalue weighted by Crippen LogP contribution is -2.48. The normalized spacial score (nSPS) is 13.5. The molecule has 2 heterocycles. The summed E-state index contributed by atoms with van der Waals surface area (Å²) in [7, 11) is 0. The van der Waals surface area contributed by atoms with Gasteiger partial charge in [0.15, 0.2) is 17.8 Å². The minimum absolute atomic E-state index is 0. The topological polar surface area (TPSA) is 67.2 Å². The average Bonchev–Trinajstić information content (AvgIpc) is 2.86. The van der Waals surface area contributed by atoms with Crippen LogP contribution in [0.15, 0.2) is 35.1 Å². The van der Waals surface area contributed by atoms with Crippen molar-refractivity contribution in [3.05, 3.63) is 41.4 Å². The van der Waals surface area contributed by atoms with Gasteiger partial charge in [-0.05, 0) is 12.1 Å². The van der Waals surface area contributed by atoms with E-state index in [4.69, 9.17) is 16.0 Å². The van der Waals surface area contributed by atoms with Crippen molar-refractivity contribution in [2.24, 2.45) is 5.92 Å². The number of aromatic nitrogens is 1. The zero-order chi connectivity index (χ0) is 13.9. The smallest absolute Gasteiger partial charge is 0.273 e. The predicted molar refractivity (Wildman–Crippen MR) is 90.1 cm³/mol. The molecule has 1 aromatic heterocycles. The van der Waals surface area contributed by atoms with Gasteiger partial charge in [0.05, 0.1) is 5.02 Å². The van der Waals surface area contributed by atoms with E-state index in [2.05, 4.69) is 15.6 Å². The van der Waals surface area contributed by atoms with Crippen molar-refractivity contribution in [1.29, 1.82) is 0 Å². The van der Waals surface area contributed by atoms with Crippen LogP contribution in [0, 0.1) is 5.92 Å². The molecule has 8 heteroatoms. The molecule has 1 aliphatic rings. The number of halogens is 3. The third-order valence-electron chi connectivity index (χ3n) is 3.32. The largest absolute Gasteiger partial charge is 0.443 e. The summed E-state index contributed by atoms with van der Waals surface area (Å²) in [4.78, 5) is 16.2. The van der Waals surface area contributed by atoms with E-state index in [9.17, 15) is 4.79 Å². The highest BCUT2D eigenvalue weighted by molar-refractivity contribution is 6.33. The third-order valence-corrected chi connectivity index (χ3v) is 3.65. The minimum atomic E-state index is -0.236.